The minimum atomic E-state index is -0.467. The molecule has 1 heterocycles. The number of nitrogens with one attached hydrogen (secondary N) is 1. The maximum absolute atomic E-state index is 12.0. The zero-order valence-corrected chi connectivity index (χ0v) is 14.9. The lowest BCUT2D eigenvalue weighted by atomic mass is 10.1. The molecular weight excluding hydrogens is 348 g/mol. The molecule has 138 valence electrons. The molecule has 1 fully saturated rings. The molecule has 0 aliphatic carbocycles. The third-order valence-corrected chi connectivity index (χ3v) is 4.30. The minimum absolute atomic E-state index is 0.0541. The largest absolute Gasteiger partial charge is 0.489 e. The SMILES string of the molecule is COCCNC(=O)c1ccc(OC2CCN(C(=O)CO)CC2)c(Cl)c1. The number of piperidine rings is 1. The summed E-state index contributed by atoms with van der Waals surface area (Å²) in [5.41, 5.74) is 0.455. The standard InChI is InChI=1S/C17H23ClN2O5/c1-24-9-6-19-17(23)12-2-3-15(14(18)10-12)25-13-4-7-20(8-5-13)16(22)11-21/h2-3,10,13,21H,4-9,11H2,1H3,(H,19,23). The van der Waals surface area contributed by atoms with Crippen molar-refractivity contribution in [3.63, 3.8) is 0 Å². The Balaban J connectivity index is 1.89. The lowest BCUT2D eigenvalue weighted by Crippen LogP contribution is -2.42. The van der Waals surface area contributed by atoms with Crippen LogP contribution in [0.1, 0.15) is 23.2 Å². The second-order valence-electron chi connectivity index (χ2n) is 5.75. The van der Waals surface area contributed by atoms with Crippen molar-refractivity contribution in [3.8, 4) is 5.75 Å². The first kappa shape index (κ1) is 19.5. The number of likely N-dealkylation sites (tertiary alicyclic amines) is 1. The van der Waals surface area contributed by atoms with E-state index in [9.17, 15) is 9.59 Å². The average molecular weight is 371 g/mol. The molecule has 0 bridgehead atoms. The van der Waals surface area contributed by atoms with Crippen LogP contribution in [0.15, 0.2) is 18.2 Å². The van der Waals surface area contributed by atoms with Gasteiger partial charge < -0.3 is 24.8 Å². The van der Waals surface area contributed by atoms with Crippen LogP contribution in [0, 0.1) is 0 Å². The molecule has 1 aromatic rings. The Labute approximate surface area is 151 Å². The second kappa shape index (κ2) is 9.60. The number of aliphatic hydroxyl groups excluding tert-OH is 1. The van der Waals surface area contributed by atoms with Gasteiger partial charge in [-0.3, -0.25) is 9.59 Å². The minimum Gasteiger partial charge on any atom is -0.489 e. The lowest BCUT2D eigenvalue weighted by Gasteiger charge is -2.32. The Morgan fingerprint density at radius 1 is 1.36 bits per heavy atom. The Kier molecular flexibility index (Phi) is 7.49. The van der Waals surface area contributed by atoms with E-state index >= 15 is 0 Å². The highest BCUT2D eigenvalue weighted by atomic mass is 35.5. The van der Waals surface area contributed by atoms with E-state index in [1.54, 1.807) is 30.2 Å². The van der Waals surface area contributed by atoms with Crippen LogP contribution in [0.25, 0.3) is 0 Å². The van der Waals surface area contributed by atoms with Crippen LogP contribution in [0.2, 0.25) is 5.02 Å². The Hall–Kier alpha value is -1.83. The fourth-order valence-corrected chi connectivity index (χ4v) is 2.83. The van der Waals surface area contributed by atoms with E-state index in [0.717, 1.165) is 0 Å². The Bertz CT molecular complexity index is 603. The monoisotopic (exact) mass is 370 g/mol. The summed E-state index contributed by atoms with van der Waals surface area (Å²) in [7, 11) is 1.57. The van der Waals surface area contributed by atoms with Crippen LogP contribution >= 0.6 is 11.6 Å². The van der Waals surface area contributed by atoms with Crippen molar-refractivity contribution >= 4 is 23.4 Å². The number of carbonyl (C=O) groups is 2. The van der Waals surface area contributed by atoms with Crippen LogP contribution < -0.4 is 10.1 Å². The first-order valence-corrected chi connectivity index (χ1v) is 8.55. The maximum Gasteiger partial charge on any atom is 0.251 e. The number of nitrogens with zero attached hydrogens (tertiary/aromatic N) is 1. The summed E-state index contributed by atoms with van der Waals surface area (Å²) in [6, 6.07) is 4.91. The first-order valence-electron chi connectivity index (χ1n) is 8.17. The van der Waals surface area contributed by atoms with Crippen molar-refractivity contribution in [3.05, 3.63) is 28.8 Å². The normalized spacial score (nSPS) is 15.1. The van der Waals surface area contributed by atoms with Crippen molar-refractivity contribution in [1.82, 2.24) is 10.2 Å². The van der Waals surface area contributed by atoms with E-state index in [2.05, 4.69) is 5.32 Å². The summed E-state index contributed by atoms with van der Waals surface area (Å²) in [5.74, 6) is 0.0312. The molecular formula is C17H23ClN2O5. The summed E-state index contributed by atoms with van der Waals surface area (Å²) in [4.78, 5) is 25.0. The number of rotatable bonds is 7. The number of benzene rings is 1. The maximum atomic E-state index is 12.0. The molecule has 2 N–H and O–H groups in total. The zero-order chi connectivity index (χ0) is 18.2. The van der Waals surface area contributed by atoms with Gasteiger partial charge in [0.15, 0.2) is 0 Å². The van der Waals surface area contributed by atoms with Gasteiger partial charge in [0, 0.05) is 45.1 Å². The number of halogens is 1. The molecule has 0 atom stereocenters. The highest BCUT2D eigenvalue weighted by Gasteiger charge is 2.24. The smallest absolute Gasteiger partial charge is 0.251 e. The number of hydrogen-bond acceptors (Lipinski definition) is 5. The van der Waals surface area contributed by atoms with Gasteiger partial charge in [0.1, 0.15) is 18.5 Å². The molecule has 1 saturated heterocycles. The van der Waals surface area contributed by atoms with Gasteiger partial charge in [-0.1, -0.05) is 11.6 Å². The molecule has 1 aromatic carbocycles. The summed E-state index contributed by atoms with van der Waals surface area (Å²) in [6.07, 6.45) is 1.28. The molecule has 2 amide bonds. The van der Waals surface area contributed by atoms with Crippen molar-refractivity contribution < 1.29 is 24.2 Å². The summed E-state index contributed by atoms with van der Waals surface area (Å²) < 4.78 is 10.8. The predicted molar refractivity (Wildman–Crippen MR) is 93.0 cm³/mol. The molecule has 0 aromatic heterocycles. The first-order chi connectivity index (χ1) is 12.0. The average Bonchev–Trinajstić information content (AvgIpc) is 2.63. The molecule has 8 heteroatoms. The van der Waals surface area contributed by atoms with Crippen LogP contribution in [0.5, 0.6) is 5.75 Å². The molecule has 1 aliphatic heterocycles. The van der Waals surface area contributed by atoms with Crippen LogP contribution in [0.4, 0.5) is 0 Å². The third kappa shape index (κ3) is 5.59. The second-order valence-corrected chi connectivity index (χ2v) is 6.16. The van der Waals surface area contributed by atoms with Gasteiger partial charge in [-0.15, -0.1) is 0 Å². The third-order valence-electron chi connectivity index (χ3n) is 4.01. The molecule has 2 rings (SSSR count). The van der Waals surface area contributed by atoms with Gasteiger partial charge in [0.2, 0.25) is 5.91 Å². The molecule has 1 aliphatic rings. The number of methoxy groups -OCH3 is 1. The van der Waals surface area contributed by atoms with Crippen LogP contribution in [0.3, 0.4) is 0 Å². The molecule has 0 unspecified atom stereocenters. The van der Waals surface area contributed by atoms with Crippen molar-refractivity contribution in [2.75, 3.05) is 40.0 Å². The van der Waals surface area contributed by atoms with Crippen molar-refractivity contribution in [2.45, 2.75) is 18.9 Å². The van der Waals surface area contributed by atoms with E-state index in [1.807, 2.05) is 0 Å². The Morgan fingerprint density at radius 2 is 2.08 bits per heavy atom. The van der Waals surface area contributed by atoms with E-state index in [1.165, 1.54) is 0 Å². The molecule has 0 spiro atoms. The van der Waals surface area contributed by atoms with Gasteiger partial charge >= 0.3 is 0 Å². The fourth-order valence-electron chi connectivity index (χ4n) is 2.61. The Morgan fingerprint density at radius 3 is 2.68 bits per heavy atom. The van der Waals surface area contributed by atoms with Crippen LogP contribution in [-0.2, 0) is 9.53 Å². The van der Waals surface area contributed by atoms with Crippen molar-refractivity contribution in [2.24, 2.45) is 0 Å². The number of aliphatic hydroxyl groups is 1. The van der Waals surface area contributed by atoms with E-state index in [0.29, 0.717) is 55.4 Å². The summed E-state index contributed by atoms with van der Waals surface area (Å²) in [5, 5.41) is 12.0. The van der Waals surface area contributed by atoms with E-state index in [4.69, 9.17) is 26.2 Å². The van der Waals surface area contributed by atoms with Gasteiger partial charge in [-0.25, -0.2) is 0 Å². The van der Waals surface area contributed by atoms with Gasteiger partial charge in [0.05, 0.1) is 11.6 Å². The number of amides is 2. The predicted octanol–water partition coefficient (Wildman–Crippen LogP) is 1.08. The number of hydrogen-bond donors (Lipinski definition) is 2. The molecule has 0 saturated carbocycles. The van der Waals surface area contributed by atoms with Gasteiger partial charge in [0.25, 0.3) is 5.91 Å². The molecule has 0 radical (unpaired) electrons. The summed E-state index contributed by atoms with van der Waals surface area (Å²) in [6.45, 7) is 1.49. The van der Waals surface area contributed by atoms with Gasteiger partial charge in [-0.2, -0.15) is 0 Å². The fraction of sp³-hybridized carbons (Fsp3) is 0.529. The highest BCUT2D eigenvalue weighted by molar-refractivity contribution is 6.32. The van der Waals surface area contributed by atoms with E-state index in [-0.39, 0.29) is 17.9 Å². The topological polar surface area (TPSA) is 88.1 Å². The number of ether oxygens (including phenoxy) is 2. The van der Waals surface area contributed by atoms with E-state index < -0.39 is 6.61 Å². The lowest BCUT2D eigenvalue weighted by molar-refractivity contribution is -0.135. The number of carbonyl (C=O) groups excluding carboxylic acids is 2. The van der Waals surface area contributed by atoms with Crippen LogP contribution in [-0.4, -0.2) is 67.9 Å². The summed E-state index contributed by atoms with van der Waals surface area (Å²) >= 11 is 6.23. The molecule has 7 nitrogen and oxygen atoms in total. The van der Waals surface area contributed by atoms with Crippen molar-refractivity contribution in [1.29, 1.82) is 0 Å². The highest BCUT2D eigenvalue weighted by Crippen LogP contribution is 2.28. The quantitative estimate of drug-likeness (QED) is 0.701. The van der Waals surface area contributed by atoms with Gasteiger partial charge in [-0.05, 0) is 18.2 Å². The molecule has 25 heavy (non-hydrogen) atoms. The zero-order valence-electron chi connectivity index (χ0n) is 14.2.